The van der Waals surface area contributed by atoms with Gasteiger partial charge in [0.1, 0.15) is 18.2 Å². The maximum atomic E-state index is 13.2. The number of hydrogen-bond donors (Lipinski definition) is 2. The molecule has 1 heterocycles. The van der Waals surface area contributed by atoms with E-state index >= 15 is 0 Å². The molecule has 1 saturated heterocycles. The second-order valence-corrected chi connectivity index (χ2v) is 7.87. The fourth-order valence-corrected chi connectivity index (χ4v) is 3.65. The van der Waals surface area contributed by atoms with Gasteiger partial charge in [-0.2, -0.15) is 0 Å². The van der Waals surface area contributed by atoms with Crippen LogP contribution in [0.2, 0.25) is 5.02 Å². The first-order valence-electron chi connectivity index (χ1n) is 9.11. The van der Waals surface area contributed by atoms with Crippen LogP contribution in [-0.4, -0.2) is 44.2 Å². The molecule has 2 aromatic carbocycles. The molecule has 0 unspecified atom stereocenters. The van der Waals surface area contributed by atoms with Crippen molar-refractivity contribution in [1.29, 1.82) is 0 Å². The highest BCUT2D eigenvalue weighted by Gasteiger charge is 2.10. The standard InChI is InChI=1S/C20H24BrClFN3O/c21-17-2-4-20(27-14-15-1-3-18(23)12-19(15)22)16(11-17)13-25-7-10-26-8-5-24-6-9-26/h1-4,11-12,24-25H,5-10,13-14H2. The molecule has 0 atom stereocenters. The second kappa shape index (κ2) is 10.4. The third kappa shape index (κ3) is 6.43. The third-order valence-electron chi connectivity index (χ3n) is 4.55. The summed E-state index contributed by atoms with van der Waals surface area (Å²) < 4.78 is 20.1. The lowest BCUT2D eigenvalue weighted by molar-refractivity contribution is 0.240. The van der Waals surface area contributed by atoms with Crippen molar-refractivity contribution in [3.63, 3.8) is 0 Å². The van der Waals surface area contributed by atoms with Gasteiger partial charge in [-0.05, 0) is 30.3 Å². The largest absolute Gasteiger partial charge is 0.489 e. The van der Waals surface area contributed by atoms with E-state index in [-0.39, 0.29) is 5.82 Å². The molecule has 0 bridgehead atoms. The molecule has 1 aliphatic heterocycles. The maximum Gasteiger partial charge on any atom is 0.124 e. The highest BCUT2D eigenvalue weighted by Crippen LogP contribution is 2.25. The van der Waals surface area contributed by atoms with E-state index < -0.39 is 0 Å². The molecule has 0 aliphatic carbocycles. The summed E-state index contributed by atoms with van der Waals surface area (Å²) in [6.45, 7) is 7.32. The molecular formula is C20H24BrClFN3O. The molecule has 0 spiro atoms. The number of ether oxygens (including phenoxy) is 1. The van der Waals surface area contributed by atoms with Crippen molar-refractivity contribution >= 4 is 27.5 Å². The van der Waals surface area contributed by atoms with Gasteiger partial charge in [-0.3, -0.25) is 4.90 Å². The van der Waals surface area contributed by atoms with E-state index in [4.69, 9.17) is 16.3 Å². The number of nitrogens with one attached hydrogen (secondary N) is 2. The molecule has 0 radical (unpaired) electrons. The first-order chi connectivity index (χ1) is 13.1. The van der Waals surface area contributed by atoms with Gasteiger partial charge in [0.2, 0.25) is 0 Å². The summed E-state index contributed by atoms with van der Waals surface area (Å²) in [5.74, 6) is 0.454. The Morgan fingerprint density at radius 2 is 1.96 bits per heavy atom. The summed E-state index contributed by atoms with van der Waals surface area (Å²) >= 11 is 9.61. The van der Waals surface area contributed by atoms with Gasteiger partial charge in [0.05, 0.1) is 5.02 Å². The van der Waals surface area contributed by atoms with Crippen molar-refractivity contribution in [3.05, 3.63) is 62.8 Å². The predicted molar refractivity (Wildman–Crippen MR) is 111 cm³/mol. The van der Waals surface area contributed by atoms with E-state index in [1.807, 2.05) is 12.1 Å². The minimum atomic E-state index is -0.346. The lowest BCUT2D eigenvalue weighted by Crippen LogP contribution is -2.45. The molecule has 2 N–H and O–H groups in total. The first kappa shape index (κ1) is 20.6. The number of hydrogen-bond acceptors (Lipinski definition) is 4. The fourth-order valence-electron chi connectivity index (χ4n) is 3.02. The Labute approximate surface area is 173 Å². The van der Waals surface area contributed by atoms with Gasteiger partial charge in [0.15, 0.2) is 0 Å². The van der Waals surface area contributed by atoms with Crippen LogP contribution < -0.4 is 15.4 Å². The van der Waals surface area contributed by atoms with Crippen LogP contribution in [0.3, 0.4) is 0 Å². The van der Waals surface area contributed by atoms with Crippen LogP contribution in [0.5, 0.6) is 5.75 Å². The van der Waals surface area contributed by atoms with Crippen molar-refractivity contribution in [2.24, 2.45) is 0 Å². The van der Waals surface area contributed by atoms with Gasteiger partial charge in [0, 0.05) is 61.4 Å². The number of rotatable bonds is 8. The van der Waals surface area contributed by atoms with Crippen molar-refractivity contribution < 1.29 is 9.13 Å². The quantitative estimate of drug-likeness (QED) is 0.592. The molecule has 0 aromatic heterocycles. The summed E-state index contributed by atoms with van der Waals surface area (Å²) in [5, 5.41) is 7.24. The van der Waals surface area contributed by atoms with Crippen molar-refractivity contribution in [2.45, 2.75) is 13.2 Å². The van der Waals surface area contributed by atoms with E-state index in [0.29, 0.717) is 11.6 Å². The lowest BCUT2D eigenvalue weighted by atomic mass is 10.2. The zero-order valence-electron chi connectivity index (χ0n) is 15.1. The smallest absolute Gasteiger partial charge is 0.124 e. The summed E-state index contributed by atoms with van der Waals surface area (Å²) in [6.07, 6.45) is 0. The molecule has 2 aromatic rings. The van der Waals surface area contributed by atoms with Crippen molar-refractivity contribution in [2.75, 3.05) is 39.3 Å². The normalized spacial score (nSPS) is 15.1. The Kier molecular flexibility index (Phi) is 7.91. The summed E-state index contributed by atoms with van der Waals surface area (Å²) in [4.78, 5) is 2.46. The van der Waals surface area contributed by atoms with Crippen molar-refractivity contribution in [1.82, 2.24) is 15.5 Å². The van der Waals surface area contributed by atoms with Gasteiger partial charge in [0.25, 0.3) is 0 Å². The number of nitrogens with zero attached hydrogens (tertiary/aromatic N) is 1. The predicted octanol–water partition coefficient (Wildman–Crippen LogP) is 3.82. The van der Waals surface area contributed by atoms with Gasteiger partial charge in [-0.1, -0.05) is 33.6 Å². The third-order valence-corrected chi connectivity index (χ3v) is 5.40. The van der Waals surface area contributed by atoms with E-state index in [1.165, 1.54) is 12.1 Å². The monoisotopic (exact) mass is 455 g/mol. The van der Waals surface area contributed by atoms with Crippen LogP contribution in [0.4, 0.5) is 4.39 Å². The molecule has 0 amide bonds. The van der Waals surface area contributed by atoms with E-state index in [1.54, 1.807) is 6.07 Å². The summed E-state index contributed by atoms with van der Waals surface area (Å²) in [6, 6.07) is 10.3. The highest BCUT2D eigenvalue weighted by molar-refractivity contribution is 9.10. The Balaban J connectivity index is 1.54. The summed E-state index contributed by atoms with van der Waals surface area (Å²) in [7, 11) is 0. The molecule has 1 aliphatic rings. The van der Waals surface area contributed by atoms with E-state index in [0.717, 1.165) is 67.2 Å². The van der Waals surface area contributed by atoms with Gasteiger partial charge >= 0.3 is 0 Å². The molecule has 3 rings (SSSR count). The molecular weight excluding hydrogens is 433 g/mol. The van der Waals surface area contributed by atoms with Crippen LogP contribution in [0, 0.1) is 5.82 Å². The van der Waals surface area contributed by atoms with Gasteiger partial charge in [-0.15, -0.1) is 0 Å². The Hall–Kier alpha value is -1.18. The second-order valence-electron chi connectivity index (χ2n) is 6.54. The van der Waals surface area contributed by atoms with Crippen LogP contribution >= 0.6 is 27.5 Å². The fraction of sp³-hybridized carbons (Fsp3) is 0.400. The van der Waals surface area contributed by atoms with Crippen LogP contribution in [-0.2, 0) is 13.2 Å². The van der Waals surface area contributed by atoms with Gasteiger partial charge < -0.3 is 15.4 Å². The number of halogens is 3. The van der Waals surface area contributed by atoms with Gasteiger partial charge in [-0.25, -0.2) is 4.39 Å². The van der Waals surface area contributed by atoms with Crippen LogP contribution in [0.25, 0.3) is 0 Å². The zero-order chi connectivity index (χ0) is 19.1. The van der Waals surface area contributed by atoms with Crippen LogP contribution in [0.1, 0.15) is 11.1 Å². The minimum absolute atomic E-state index is 0.300. The van der Waals surface area contributed by atoms with Crippen LogP contribution in [0.15, 0.2) is 40.9 Å². The molecule has 27 heavy (non-hydrogen) atoms. The van der Waals surface area contributed by atoms with E-state index in [2.05, 4.69) is 37.5 Å². The van der Waals surface area contributed by atoms with E-state index in [9.17, 15) is 4.39 Å². The Morgan fingerprint density at radius 3 is 2.74 bits per heavy atom. The molecule has 7 heteroatoms. The SMILES string of the molecule is Fc1ccc(COc2ccc(Br)cc2CNCCN2CCNCC2)c(Cl)c1. The number of piperazine rings is 1. The Morgan fingerprint density at radius 1 is 1.15 bits per heavy atom. The highest BCUT2D eigenvalue weighted by atomic mass is 79.9. The molecule has 146 valence electrons. The molecule has 0 saturated carbocycles. The molecule has 4 nitrogen and oxygen atoms in total. The summed E-state index contributed by atoms with van der Waals surface area (Å²) in [5.41, 5.74) is 1.83. The average Bonchev–Trinajstić information content (AvgIpc) is 2.66. The minimum Gasteiger partial charge on any atom is -0.489 e. The first-order valence-corrected chi connectivity index (χ1v) is 10.3. The average molecular weight is 457 g/mol. The Bertz CT molecular complexity index is 756. The number of benzene rings is 2. The lowest BCUT2D eigenvalue weighted by Gasteiger charge is -2.27. The molecule has 1 fully saturated rings. The topological polar surface area (TPSA) is 36.5 Å². The van der Waals surface area contributed by atoms with Crippen molar-refractivity contribution in [3.8, 4) is 5.75 Å². The zero-order valence-corrected chi connectivity index (χ0v) is 17.5. The maximum absolute atomic E-state index is 13.2.